The SMILES string of the molecule is CCNCCCc1nnc(-c2ccc(C)c(OC)c2)s1. The van der Waals surface area contributed by atoms with Gasteiger partial charge in [-0.3, -0.25) is 0 Å². The van der Waals surface area contributed by atoms with Crippen LogP contribution >= 0.6 is 11.3 Å². The van der Waals surface area contributed by atoms with Gasteiger partial charge in [0.1, 0.15) is 15.8 Å². The maximum absolute atomic E-state index is 5.35. The summed E-state index contributed by atoms with van der Waals surface area (Å²) in [5, 5.41) is 13.9. The highest BCUT2D eigenvalue weighted by Gasteiger charge is 2.08. The standard InChI is InChI=1S/C15H21N3OS/c1-4-16-9-5-6-14-17-18-15(20-14)12-8-7-11(2)13(10-12)19-3/h7-8,10,16H,4-6,9H2,1-3H3. The van der Waals surface area contributed by atoms with Crippen LogP contribution in [0.25, 0.3) is 10.6 Å². The fourth-order valence-electron chi connectivity index (χ4n) is 1.97. The lowest BCUT2D eigenvalue weighted by Gasteiger charge is -2.05. The molecule has 0 fully saturated rings. The summed E-state index contributed by atoms with van der Waals surface area (Å²) >= 11 is 1.66. The van der Waals surface area contributed by atoms with Gasteiger partial charge in [-0.05, 0) is 38.1 Å². The van der Waals surface area contributed by atoms with Crippen LogP contribution < -0.4 is 10.1 Å². The average Bonchev–Trinajstić information content (AvgIpc) is 2.93. The summed E-state index contributed by atoms with van der Waals surface area (Å²) in [7, 11) is 1.69. The van der Waals surface area contributed by atoms with Crippen molar-refractivity contribution in [2.75, 3.05) is 20.2 Å². The number of aromatic nitrogens is 2. The maximum Gasteiger partial charge on any atom is 0.147 e. The van der Waals surface area contributed by atoms with Crippen molar-refractivity contribution in [2.24, 2.45) is 0 Å². The number of nitrogens with zero attached hydrogens (tertiary/aromatic N) is 2. The second-order valence-corrected chi connectivity index (χ2v) is 5.70. The highest BCUT2D eigenvalue weighted by molar-refractivity contribution is 7.14. The minimum absolute atomic E-state index is 0.895. The number of ether oxygens (including phenoxy) is 1. The Hall–Kier alpha value is -1.46. The molecule has 0 saturated carbocycles. The van der Waals surface area contributed by atoms with Crippen LogP contribution in [0.2, 0.25) is 0 Å². The predicted octanol–water partition coefficient (Wildman–Crippen LogP) is 3.06. The predicted molar refractivity (Wildman–Crippen MR) is 83.5 cm³/mol. The molecule has 1 heterocycles. The molecule has 1 aromatic carbocycles. The maximum atomic E-state index is 5.35. The van der Waals surface area contributed by atoms with Gasteiger partial charge in [-0.1, -0.05) is 30.4 Å². The number of benzene rings is 1. The second-order valence-electron chi connectivity index (χ2n) is 4.64. The third-order valence-corrected chi connectivity index (χ3v) is 4.15. The molecule has 0 aliphatic heterocycles. The van der Waals surface area contributed by atoms with Gasteiger partial charge in [0.25, 0.3) is 0 Å². The van der Waals surface area contributed by atoms with E-state index in [0.29, 0.717) is 0 Å². The van der Waals surface area contributed by atoms with E-state index in [-0.39, 0.29) is 0 Å². The normalized spacial score (nSPS) is 10.8. The molecule has 0 bridgehead atoms. The molecule has 1 aromatic heterocycles. The van der Waals surface area contributed by atoms with Crippen LogP contribution in [0.15, 0.2) is 18.2 Å². The van der Waals surface area contributed by atoms with Crippen molar-refractivity contribution < 1.29 is 4.74 Å². The number of aryl methyl sites for hydroxylation is 2. The Morgan fingerprint density at radius 3 is 2.90 bits per heavy atom. The summed E-state index contributed by atoms with van der Waals surface area (Å²) < 4.78 is 5.35. The number of rotatable bonds is 7. The lowest BCUT2D eigenvalue weighted by atomic mass is 10.1. The van der Waals surface area contributed by atoms with Crippen LogP contribution in [-0.2, 0) is 6.42 Å². The Bertz CT molecular complexity index is 554. The summed E-state index contributed by atoms with van der Waals surface area (Å²) in [4.78, 5) is 0. The summed E-state index contributed by atoms with van der Waals surface area (Å²) in [6.45, 7) is 6.21. The third-order valence-electron chi connectivity index (χ3n) is 3.12. The van der Waals surface area contributed by atoms with E-state index in [1.165, 1.54) is 0 Å². The van der Waals surface area contributed by atoms with Gasteiger partial charge >= 0.3 is 0 Å². The van der Waals surface area contributed by atoms with Crippen molar-refractivity contribution in [3.8, 4) is 16.3 Å². The molecule has 4 nitrogen and oxygen atoms in total. The van der Waals surface area contributed by atoms with Crippen molar-refractivity contribution >= 4 is 11.3 Å². The fourth-order valence-corrected chi connectivity index (χ4v) is 2.84. The van der Waals surface area contributed by atoms with Crippen LogP contribution in [-0.4, -0.2) is 30.4 Å². The molecule has 20 heavy (non-hydrogen) atoms. The van der Waals surface area contributed by atoms with Gasteiger partial charge in [-0.25, -0.2) is 0 Å². The smallest absolute Gasteiger partial charge is 0.147 e. The zero-order valence-electron chi connectivity index (χ0n) is 12.3. The Balaban J connectivity index is 2.04. The van der Waals surface area contributed by atoms with Crippen molar-refractivity contribution in [1.82, 2.24) is 15.5 Å². The first kappa shape index (κ1) is 14.9. The van der Waals surface area contributed by atoms with Crippen LogP contribution in [0.4, 0.5) is 0 Å². The molecule has 2 aromatic rings. The van der Waals surface area contributed by atoms with Crippen molar-refractivity contribution in [3.63, 3.8) is 0 Å². The van der Waals surface area contributed by atoms with E-state index in [9.17, 15) is 0 Å². The van der Waals surface area contributed by atoms with Gasteiger partial charge < -0.3 is 10.1 Å². The van der Waals surface area contributed by atoms with E-state index in [1.54, 1.807) is 18.4 Å². The Morgan fingerprint density at radius 2 is 2.15 bits per heavy atom. The minimum atomic E-state index is 0.895. The van der Waals surface area contributed by atoms with Crippen LogP contribution in [0, 0.1) is 6.92 Å². The average molecular weight is 291 g/mol. The van der Waals surface area contributed by atoms with Crippen LogP contribution in [0.1, 0.15) is 23.9 Å². The van der Waals surface area contributed by atoms with Crippen molar-refractivity contribution in [3.05, 3.63) is 28.8 Å². The van der Waals surface area contributed by atoms with E-state index >= 15 is 0 Å². The molecule has 0 atom stereocenters. The molecule has 0 amide bonds. The Labute approximate surface area is 124 Å². The van der Waals surface area contributed by atoms with E-state index in [2.05, 4.69) is 34.6 Å². The van der Waals surface area contributed by atoms with Gasteiger partial charge in [-0.15, -0.1) is 10.2 Å². The number of nitrogens with one attached hydrogen (secondary N) is 1. The first-order valence-electron chi connectivity index (χ1n) is 6.92. The number of hydrogen-bond acceptors (Lipinski definition) is 5. The van der Waals surface area contributed by atoms with Gasteiger partial charge in [0.2, 0.25) is 0 Å². The molecule has 0 spiro atoms. The summed E-state index contributed by atoms with van der Waals surface area (Å²) in [5.41, 5.74) is 2.20. The van der Waals surface area contributed by atoms with E-state index in [0.717, 1.165) is 52.8 Å². The number of methoxy groups -OCH3 is 1. The minimum Gasteiger partial charge on any atom is -0.496 e. The third kappa shape index (κ3) is 3.77. The van der Waals surface area contributed by atoms with Crippen molar-refractivity contribution in [1.29, 1.82) is 0 Å². The zero-order valence-corrected chi connectivity index (χ0v) is 13.1. The topological polar surface area (TPSA) is 47.0 Å². The molecular weight excluding hydrogens is 270 g/mol. The highest BCUT2D eigenvalue weighted by atomic mass is 32.1. The zero-order chi connectivity index (χ0) is 14.4. The summed E-state index contributed by atoms with van der Waals surface area (Å²) in [5.74, 6) is 0.895. The number of hydrogen-bond donors (Lipinski definition) is 1. The van der Waals surface area contributed by atoms with E-state index in [1.807, 2.05) is 13.0 Å². The molecule has 1 N–H and O–H groups in total. The largest absolute Gasteiger partial charge is 0.496 e. The molecule has 0 aliphatic rings. The molecule has 0 unspecified atom stereocenters. The van der Waals surface area contributed by atoms with E-state index < -0.39 is 0 Å². The van der Waals surface area contributed by atoms with Crippen LogP contribution in [0.5, 0.6) is 5.75 Å². The quantitative estimate of drug-likeness (QED) is 0.796. The van der Waals surface area contributed by atoms with Gasteiger partial charge in [0.15, 0.2) is 0 Å². The van der Waals surface area contributed by atoms with E-state index in [4.69, 9.17) is 4.74 Å². The monoisotopic (exact) mass is 291 g/mol. The molecule has 5 heteroatoms. The first-order valence-corrected chi connectivity index (χ1v) is 7.74. The first-order chi connectivity index (χ1) is 9.74. The van der Waals surface area contributed by atoms with Crippen LogP contribution in [0.3, 0.4) is 0 Å². The summed E-state index contributed by atoms with van der Waals surface area (Å²) in [6.07, 6.45) is 2.08. The lowest BCUT2D eigenvalue weighted by molar-refractivity contribution is 0.412. The highest BCUT2D eigenvalue weighted by Crippen LogP contribution is 2.29. The lowest BCUT2D eigenvalue weighted by Crippen LogP contribution is -2.14. The Kier molecular flexibility index (Phi) is 5.49. The Morgan fingerprint density at radius 1 is 1.30 bits per heavy atom. The van der Waals surface area contributed by atoms with Crippen molar-refractivity contribution in [2.45, 2.75) is 26.7 Å². The van der Waals surface area contributed by atoms with Gasteiger partial charge in [0, 0.05) is 12.0 Å². The van der Waals surface area contributed by atoms with Gasteiger partial charge in [-0.2, -0.15) is 0 Å². The molecule has 108 valence electrons. The molecule has 2 rings (SSSR count). The second kappa shape index (κ2) is 7.36. The fraction of sp³-hybridized carbons (Fsp3) is 0.467. The molecular formula is C15H21N3OS. The molecule has 0 aliphatic carbocycles. The van der Waals surface area contributed by atoms with Gasteiger partial charge in [0.05, 0.1) is 7.11 Å². The summed E-state index contributed by atoms with van der Waals surface area (Å²) in [6, 6.07) is 6.15. The molecule has 0 radical (unpaired) electrons. The molecule has 0 saturated heterocycles.